The highest BCUT2D eigenvalue weighted by atomic mass is 32.2. The van der Waals surface area contributed by atoms with Gasteiger partial charge in [0.2, 0.25) is 0 Å². The molecule has 1 aromatic heterocycles. The molecule has 0 fully saturated rings. The number of rotatable bonds is 4. The van der Waals surface area contributed by atoms with Gasteiger partial charge in [0, 0.05) is 28.9 Å². The topological polar surface area (TPSA) is 17.8 Å². The number of hydrogen-bond acceptors (Lipinski definition) is 2. The van der Waals surface area contributed by atoms with E-state index >= 15 is 0 Å². The van der Waals surface area contributed by atoms with Crippen molar-refractivity contribution in [3.05, 3.63) is 66.7 Å². The molecule has 0 amide bonds. The molecule has 2 aromatic carbocycles. The molecule has 0 bridgehead atoms. The van der Waals surface area contributed by atoms with E-state index in [1.807, 2.05) is 30.5 Å². The van der Waals surface area contributed by atoms with Crippen LogP contribution in [0.3, 0.4) is 0 Å². The molecular formula is C19H22N2S. The van der Waals surface area contributed by atoms with Crippen molar-refractivity contribution in [2.45, 2.75) is 37.3 Å². The quantitative estimate of drug-likeness (QED) is 0.650. The summed E-state index contributed by atoms with van der Waals surface area (Å²) in [6.07, 6.45) is 5.79. The second-order valence-electron chi connectivity index (χ2n) is 6.58. The third kappa shape index (κ3) is 3.72. The van der Waals surface area contributed by atoms with Gasteiger partial charge < -0.3 is 4.57 Å². The second kappa shape index (κ2) is 6.17. The first kappa shape index (κ1) is 15.2. The Morgan fingerprint density at radius 3 is 2.55 bits per heavy atom. The van der Waals surface area contributed by atoms with Gasteiger partial charge in [-0.25, -0.2) is 4.98 Å². The summed E-state index contributed by atoms with van der Waals surface area (Å²) in [5, 5.41) is 3.03. The minimum atomic E-state index is 0.219. The normalized spacial score (nSPS) is 13.4. The molecule has 22 heavy (non-hydrogen) atoms. The molecule has 1 atom stereocenters. The molecule has 1 unspecified atom stereocenters. The largest absolute Gasteiger partial charge is 0.336 e. The van der Waals surface area contributed by atoms with Crippen LogP contribution in [0.1, 0.15) is 31.6 Å². The van der Waals surface area contributed by atoms with E-state index in [1.54, 1.807) is 0 Å². The molecule has 0 aliphatic rings. The maximum absolute atomic E-state index is 4.17. The van der Waals surface area contributed by atoms with Gasteiger partial charge in [0.15, 0.2) is 0 Å². The van der Waals surface area contributed by atoms with Crippen molar-refractivity contribution >= 4 is 22.5 Å². The van der Waals surface area contributed by atoms with Gasteiger partial charge in [0.25, 0.3) is 0 Å². The van der Waals surface area contributed by atoms with Crippen molar-refractivity contribution in [3.63, 3.8) is 0 Å². The fraction of sp³-hybridized carbons (Fsp3) is 0.316. The van der Waals surface area contributed by atoms with Gasteiger partial charge in [-0.15, -0.1) is 11.8 Å². The van der Waals surface area contributed by atoms with Crippen LogP contribution >= 0.6 is 11.8 Å². The standard InChI is InChI=1S/C19H22N2S/c1-19(2,3)22-18(13-21-11-10-20-14-21)17-9-8-15-6-4-5-7-16(15)12-17/h4-12,14,18H,13H2,1-3H3. The van der Waals surface area contributed by atoms with Crippen LogP contribution in [-0.2, 0) is 6.54 Å². The zero-order valence-corrected chi connectivity index (χ0v) is 14.2. The van der Waals surface area contributed by atoms with Gasteiger partial charge >= 0.3 is 0 Å². The van der Waals surface area contributed by atoms with Gasteiger partial charge in [-0.05, 0) is 22.4 Å². The summed E-state index contributed by atoms with van der Waals surface area (Å²) in [6, 6.07) is 15.4. The first-order valence-corrected chi connectivity index (χ1v) is 8.51. The van der Waals surface area contributed by atoms with Gasteiger partial charge in [-0.1, -0.05) is 57.2 Å². The van der Waals surface area contributed by atoms with Gasteiger partial charge in [-0.2, -0.15) is 0 Å². The van der Waals surface area contributed by atoms with Crippen molar-refractivity contribution in [2.75, 3.05) is 0 Å². The summed E-state index contributed by atoms with van der Waals surface area (Å²) < 4.78 is 2.38. The molecule has 0 spiro atoms. The molecule has 0 N–H and O–H groups in total. The third-order valence-electron chi connectivity index (χ3n) is 3.58. The van der Waals surface area contributed by atoms with E-state index < -0.39 is 0 Å². The van der Waals surface area contributed by atoms with E-state index in [1.165, 1.54) is 16.3 Å². The first-order chi connectivity index (χ1) is 10.5. The molecule has 3 rings (SSSR count). The molecule has 0 saturated carbocycles. The van der Waals surface area contributed by atoms with Crippen LogP contribution in [-0.4, -0.2) is 14.3 Å². The Kier molecular flexibility index (Phi) is 4.25. The lowest BCUT2D eigenvalue weighted by Gasteiger charge is -2.26. The average Bonchev–Trinajstić information content (AvgIpc) is 2.98. The number of hydrogen-bond donors (Lipinski definition) is 0. The lowest BCUT2D eigenvalue weighted by molar-refractivity contribution is 0.672. The van der Waals surface area contributed by atoms with E-state index in [2.05, 4.69) is 72.8 Å². The van der Waals surface area contributed by atoms with Crippen LogP contribution in [0.5, 0.6) is 0 Å². The predicted molar refractivity (Wildman–Crippen MR) is 96.3 cm³/mol. The van der Waals surface area contributed by atoms with E-state index in [4.69, 9.17) is 0 Å². The fourth-order valence-electron chi connectivity index (χ4n) is 2.63. The number of imidazole rings is 1. The molecule has 0 aliphatic carbocycles. The third-order valence-corrected chi connectivity index (χ3v) is 4.99. The maximum Gasteiger partial charge on any atom is 0.0946 e. The smallest absolute Gasteiger partial charge is 0.0946 e. The van der Waals surface area contributed by atoms with Gasteiger partial charge in [0.1, 0.15) is 0 Å². The molecule has 2 nitrogen and oxygen atoms in total. The Bertz CT molecular complexity index is 741. The number of aromatic nitrogens is 2. The Morgan fingerprint density at radius 1 is 1.09 bits per heavy atom. The zero-order valence-electron chi connectivity index (χ0n) is 13.4. The molecule has 1 heterocycles. The van der Waals surface area contributed by atoms with Gasteiger partial charge in [-0.3, -0.25) is 0 Å². The average molecular weight is 310 g/mol. The molecule has 0 saturated heterocycles. The van der Waals surface area contributed by atoms with Crippen LogP contribution in [0.25, 0.3) is 10.8 Å². The summed E-state index contributed by atoms with van der Waals surface area (Å²) in [7, 11) is 0. The first-order valence-electron chi connectivity index (χ1n) is 7.63. The summed E-state index contributed by atoms with van der Waals surface area (Å²) in [5.74, 6) is 0. The lowest BCUT2D eigenvalue weighted by atomic mass is 10.0. The number of benzene rings is 2. The molecule has 3 aromatic rings. The van der Waals surface area contributed by atoms with Crippen LogP contribution < -0.4 is 0 Å². The minimum Gasteiger partial charge on any atom is -0.336 e. The van der Waals surface area contributed by atoms with Crippen LogP contribution in [0.4, 0.5) is 0 Å². The Balaban J connectivity index is 1.95. The van der Waals surface area contributed by atoms with Gasteiger partial charge in [0.05, 0.1) is 6.33 Å². The fourth-order valence-corrected chi connectivity index (χ4v) is 4.01. The summed E-state index contributed by atoms with van der Waals surface area (Å²) in [6.45, 7) is 7.78. The van der Waals surface area contributed by atoms with Crippen molar-refractivity contribution in [1.29, 1.82) is 0 Å². The summed E-state index contributed by atoms with van der Waals surface area (Å²) >= 11 is 2.01. The van der Waals surface area contributed by atoms with Crippen LogP contribution in [0.2, 0.25) is 0 Å². The maximum atomic E-state index is 4.17. The molecule has 0 aliphatic heterocycles. The monoisotopic (exact) mass is 310 g/mol. The van der Waals surface area contributed by atoms with Crippen molar-refractivity contribution < 1.29 is 0 Å². The van der Waals surface area contributed by atoms with Crippen molar-refractivity contribution in [2.24, 2.45) is 0 Å². The van der Waals surface area contributed by atoms with E-state index in [0.29, 0.717) is 5.25 Å². The number of nitrogens with zero attached hydrogens (tertiary/aromatic N) is 2. The number of thioether (sulfide) groups is 1. The second-order valence-corrected chi connectivity index (χ2v) is 8.61. The molecule has 114 valence electrons. The highest BCUT2D eigenvalue weighted by Gasteiger charge is 2.21. The highest BCUT2D eigenvalue weighted by Crippen LogP contribution is 2.40. The van der Waals surface area contributed by atoms with E-state index in [9.17, 15) is 0 Å². The zero-order chi connectivity index (χ0) is 15.6. The molecule has 3 heteroatoms. The number of fused-ring (bicyclic) bond motifs is 1. The van der Waals surface area contributed by atoms with Crippen molar-refractivity contribution in [1.82, 2.24) is 9.55 Å². The van der Waals surface area contributed by atoms with E-state index in [0.717, 1.165) is 6.54 Å². The lowest BCUT2D eigenvalue weighted by Crippen LogP contribution is -2.14. The molecule has 0 radical (unpaired) electrons. The molecular weight excluding hydrogens is 288 g/mol. The Hall–Kier alpha value is -1.74. The van der Waals surface area contributed by atoms with Crippen LogP contribution in [0, 0.1) is 0 Å². The predicted octanol–water partition coefficient (Wildman–Crippen LogP) is 5.31. The van der Waals surface area contributed by atoms with Crippen LogP contribution in [0.15, 0.2) is 61.2 Å². The Morgan fingerprint density at radius 2 is 1.86 bits per heavy atom. The van der Waals surface area contributed by atoms with Crippen molar-refractivity contribution in [3.8, 4) is 0 Å². The highest BCUT2D eigenvalue weighted by molar-refractivity contribution is 8.00. The summed E-state index contributed by atoms with van der Waals surface area (Å²) in [4.78, 5) is 4.17. The van der Waals surface area contributed by atoms with E-state index in [-0.39, 0.29) is 4.75 Å². The minimum absolute atomic E-state index is 0.219. The summed E-state index contributed by atoms with van der Waals surface area (Å²) in [5.41, 5.74) is 1.38. The SMILES string of the molecule is CC(C)(C)SC(Cn1ccnc1)c1ccc2ccccc2c1. The Labute approximate surface area is 136 Å².